The molecule has 0 spiro atoms. The molecule has 0 saturated carbocycles. The van der Waals surface area contributed by atoms with E-state index in [-0.39, 0.29) is 12.0 Å². The van der Waals surface area contributed by atoms with Gasteiger partial charge in [0.05, 0.1) is 0 Å². The third-order valence-electron chi connectivity index (χ3n) is 4.43. The van der Waals surface area contributed by atoms with E-state index in [4.69, 9.17) is 4.74 Å². The molecule has 1 aliphatic heterocycles. The molecule has 0 atom stereocenters. The lowest BCUT2D eigenvalue weighted by Gasteiger charge is -2.35. The third-order valence-corrected chi connectivity index (χ3v) is 5.22. The Balaban J connectivity index is 1.55. The lowest BCUT2D eigenvalue weighted by atomic mass is 9.98. The molecule has 1 aliphatic carbocycles. The maximum absolute atomic E-state index is 12.1. The molecular weight excluding hydrogens is 389 g/mol. The average Bonchev–Trinajstić information content (AvgIpc) is 2.84. The van der Waals surface area contributed by atoms with Gasteiger partial charge in [-0.05, 0) is 22.3 Å². The van der Waals surface area contributed by atoms with E-state index in [0.717, 1.165) is 13.1 Å². The van der Waals surface area contributed by atoms with E-state index in [2.05, 4.69) is 71.1 Å². The molecule has 0 aromatic heterocycles. The first kappa shape index (κ1) is 14.1. The van der Waals surface area contributed by atoms with Crippen LogP contribution in [0.5, 0.6) is 0 Å². The number of rotatable bonds is 2. The van der Waals surface area contributed by atoms with Crippen molar-refractivity contribution in [3.63, 3.8) is 0 Å². The standard InChI is InChI=1S/C18H16INO2/c19-12-9-20(10-12)18(21)22-11-17-15-7-3-1-5-13(15)14-6-2-4-8-16(14)17/h1-8,12,17H,9-11H2. The number of carbonyl (C=O) groups excluding carboxylic acids is 1. The topological polar surface area (TPSA) is 29.5 Å². The zero-order valence-electron chi connectivity index (χ0n) is 12.0. The molecule has 1 saturated heterocycles. The van der Waals surface area contributed by atoms with Gasteiger partial charge in [-0.15, -0.1) is 0 Å². The Labute approximate surface area is 143 Å². The fourth-order valence-electron chi connectivity index (χ4n) is 3.26. The first-order valence-corrected chi connectivity index (χ1v) is 8.72. The monoisotopic (exact) mass is 405 g/mol. The van der Waals surface area contributed by atoms with Gasteiger partial charge in [0.2, 0.25) is 0 Å². The van der Waals surface area contributed by atoms with Crippen LogP contribution in [-0.4, -0.2) is 34.6 Å². The van der Waals surface area contributed by atoms with Crippen LogP contribution in [0.1, 0.15) is 17.0 Å². The van der Waals surface area contributed by atoms with Gasteiger partial charge in [0.25, 0.3) is 0 Å². The van der Waals surface area contributed by atoms with Gasteiger partial charge in [0.15, 0.2) is 0 Å². The van der Waals surface area contributed by atoms with Gasteiger partial charge in [0, 0.05) is 22.9 Å². The number of halogens is 1. The summed E-state index contributed by atoms with van der Waals surface area (Å²) in [6.07, 6.45) is -0.185. The highest BCUT2D eigenvalue weighted by atomic mass is 127. The lowest BCUT2D eigenvalue weighted by Crippen LogP contribution is -2.51. The summed E-state index contributed by atoms with van der Waals surface area (Å²) in [6.45, 7) is 2.02. The van der Waals surface area contributed by atoms with Crippen LogP contribution < -0.4 is 0 Å². The van der Waals surface area contributed by atoms with Crippen molar-refractivity contribution in [3.05, 3.63) is 59.7 Å². The summed E-state index contributed by atoms with van der Waals surface area (Å²) in [6, 6.07) is 16.8. The molecule has 0 bridgehead atoms. The normalized spacial score (nSPS) is 16.9. The number of amides is 1. The molecule has 3 nitrogen and oxygen atoms in total. The predicted molar refractivity (Wildman–Crippen MR) is 94.5 cm³/mol. The van der Waals surface area contributed by atoms with Gasteiger partial charge in [-0.1, -0.05) is 71.1 Å². The van der Waals surface area contributed by atoms with E-state index in [1.54, 1.807) is 4.90 Å². The lowest BCUT2D eigenvalue weighted by molar-refractivity contribution is 0.0829. The fourth-order valence-corrected chi connectivity index (χ4v) is 4.21. The predicted octanol–water partition coefficient (Wildman–Crippen LogP) is 4.05. The fraction of sp³-hybridized carbons (Fsp3) is 0.278. The highest BCUT2D eigenvalue weighted by Crippen LogP contribution is 2.44. The molecule has 0 unspecified atom stereocenters. The van der Waals surface area contributed by atoms with Crippen LogP contribution in [0.4, 0.5) is 4.79 Å². The molecule has 1 amide bonds. The van der Waals surface area contributed by atoms with Crippen LogP contribution in [0.25, 0.3) is 11.1 Å². The van der Waals surface area contributed by atoms with Crippen LogP contribution >= 0.6 is 22.6 Å². The van der Waals surface area contributed by atoms with Crippen LogP contribution in [0, 0.1) is 0 Å². The second-order valence-corrected chi connectivity index (χ2v) is 7.57. The molecule has 1 fully saturated rings. The Morgan fingerprint density at radius 3 is 2.14 bits per heavy atom. The average molecular weight is 405 g/mol. The Morgan fingerprint density at radius 1 is 1.05 bits per heavy atom. The van der Waals surface area contributed by atoms with Gasteiger partial charge in [-0.2, -0.15) is 0 Å². The number of benzene rings is 2. The summed E-state index contributed by atoms with van der Waals surface area (Å²) in [5.74, 6) is 0.146. The van der Waals surface area contributed by atoms with Gasteiger partial charge in [0.1, 0.15) is 6.61 Å². The van der Waals surface area contributed by atoms with E-state index in [9.17, 15) is 4.79 Å². The van der Waals surface area contributed by atoms with Crippen molar-refractivity contribution in [2.45, 2.75) is 9.84 Å². The molecule has 1 heterocycles. The number of hydrogen-bond donors (Lipinski definition) is 0. The number of nitrogens with zero attached hydrogens (tertiary/aromatic N) is 1. The van der Waals surface area contributed by atoms with Crippen LogP contribution in [-0.2, 0) is 4.74 Å². The molecule has 0 radical (unpaired) electrons. The van der Waals surface area contributed by atoms with E-state index in [0.29, 0.717) is 10.5 Å². The van der Waals surface area contributed by atoms with Gasteiger partial charge < -0.3 is 9.64 Å². The maximum Gasteiger partial charge on any atom is 0.409 e. The van der Waals surface area contributed by atoms with Gasteiger partial charge >= 0.3 is 6.09 Å². The number of fused-ring (bicyclic) bond motifs is 3. The minimum Gasteiger partial charge on any atom is -0.448 e. The van der Waals surface area contributed by atoms with E-state index in [1.807, 2.05) is 0 Å². The minimum absolute atomic E-state index is 0.146. The molecule has 112 valence electrons. The van der Waals surface area contributed by atoms with Crippen molar-refractivity contribution in [2.75, 3.05) is 19.7 Å². The number of hydrogen-bond acceptors (Lipinski definition) is 2. The quantitative estimate of drug-likeness (QED) is 0.557. The van der Waals surface area contributed by atoms with E-state index in [1.165, 1.54) is 22.3 Å². The Morgan fingerprint density at radius 2 is 1.59 bits per heavy atom. The summed E-state index contributed by atoms with van der Waals surface area (Å²) < 4.78 is 6.14. The van der Waals surface area contributed by atoms with Crippen molar-refractivity contribution in [3.8, 4) is 11.1 Å². The zero-order chi connectivity index (χ0) is 15.1. The van der Waals surface area contributed by atoms with Crippen molar-refractivity contribution in [1.82, 2.24) is 4.90 Å². The van der Waals surface area contributed by atoms with Crippen molar-refractivity contribution < 1.29 is 9.53 Å². The molecule has 2 aliphatic rings. The third kappa shape index (κ3) is 2.29. The summed E-state index contributed by atoms with van der Waals surface area (Å²) in [5, 5.41) is 0. The molecular formula is C18H16INO2. The number of likely N-dealkylation sites (tertiary alicyclic amines) is 1. The van der Waals surface area contributed by atoms with E-state index >= 15 is 0 Å². The number of carbonyl (C=O) groups is 1. The molecule has 2 aromatic rings. The zero-order valence-corrected chi connectivity index (χ0v) is 14.2. The summed E-state index contributed by atoms with van der Waals surface area (Å²) in [7, 11) is 0. The highest BCUT2D eigenvalue weighted by Gasteiger charge is 2.32. The molecule has 2 aromatic carbocycles. The SMILES string of the molecule is O=C(OCC1c2ccccc2-c2ccccc21)N1CC(I)C1. The smallest absolute Gasteiger partial charge is 0.409 e. The van der Waals surface area contributed by atoms with Crippen molar-refractivity contribution in [2.24, 2.45) is 0 Å². The van der Waals surface area contributed by atoms with E-state index < -0.39 is 0 Å². The van der Waals surface area contributed by atoms with Crippen LogP contribution in [0.2, 0.25) is 0 Å². The second-order valence-electron chi connectivity index (χ2n) is 5.81. The van der Waals surface area contributed by atoms with Crippen LogP contribution in [0.15, 0.2) is 48.5 Å². The van der Waals surface area contributed by atoms with Gasteiger partial charge in [-0.3, -0.25) is 0 Å². The maximum atomic E-state index is 12.1. The first-order chi connectivity index (χ1) is 10.7. The molecule has 4 heteroatoms. The molecule has 0 N–H and O–H groups in total. The summed E-state index contributed by atoms with van der Waals surface area (Å²) >= 11 is 2.36. The number of ether oxygens (including phenoxy) is 1. The van der Waals surface area contributed by atoms with Gasteiger partial charge in [-0.25, -0.2) is 4.79 Å². The molecule has 4 rings (SSSR count). The van der Waals surface area contributed by atoms with Crippen molar-refractivity contribution >= 4 is 28.7 Å². The van der Waals surface area contributed by atoms with Crippen LogP contribution in [0.3, 0.4) is 0 Å². The van der Waals surface area contributed by atoms with Crippen molar-refractivity contribution in [1.29, 1.82) is 0 Å². The largest absolute Gasteiger partial charge is 0.448 e. The Hall–Kier alpha value is -1.56. The second kappa shape index (κ2) is 5.57. The highest BCUT2D eigenvalue weighted by molar-refractivity contribution is 14.1. The summed E-state index contributed by atoms with van der Waals surface area (Å²) in [5.41, 5.74) is 5.03. The Kier molecular flexibility index (Phi) is 3.56. The molecule has 22 heavy (non-hydrogen) atoms. The Bertz CT molecular complexity index is 679. The first-order valence-electron chi connectivity index (χ1n) is 7.48. The summed E-state index contributed by atoms with van der Waals surface area (Å²) in [4.78, 5) is 13.8. The number of alkyl halides is 1. The minimum atomic E-state index is -0.185.